The van der Waals surface area contributed by atoms with Crippen molar-refractivity contribution >= 4 is 17.5 Å². The highest BCUT2D eigenvalue weighted by Crippen LogP contribution is 2.45. The van der Waals surface area contributed by atoms with Crippen molar-refractivity contribution in [1.82, 2.24) is 10.2 Å². The Kier molecular flexibility index (Phi) is 4.92. The number of carbonyl (C=O) groups is 2. The molecular formula is C21H21N3O5. The van der Waals surface area contributed by atoms with Crippen LogP contribution in [0.25, 0.3) is 0 Å². The third-order valence-electron chi connectivity index (χ3n) is 5.52. The van der Waals surface area contributed by atoms with E-state index in [2.05, 4.69) is 17.4 Å². The number of hydrogen-bond acceptors (Lipinski definition) is 5. The second-order valence-electron chi connectivity index (χ2n) is 7.38. The van der Waals surface area contributed by atoms with Crippen molar-refractivity contribution in [2.24, 2.45) is 0 Å². The maximum atomic E-state index is 12.7. The first-order valence-electron chi connectivity index (χ1n) is 9.45. The van der Waals surface area contributed by atoms with Crippen molar-refractivity contribution in [3.05, 3.63) is 69.8 Å². The van der Waals surface area contributed by atoms with Gasteiger partial charge in [-0.2, -0.15) is 0 Å². The minimum atomic E-state index is -0.602. The van der Waals surface area contributed by atoms with E-state index in [1.807, 2.05) is 23.1 Å². The molecule has 8 heteroatoms. The van der Waals surface area contributed by atoms with E-state index >= 15 is 0 Å². The SMILES string of the molecule is COc1ccc([N+](=O)[O-])c(C(=O)N[C@@H]2CC(=O)N([C@@H]3C[C@H]3c3ccccc3)C2)c1. The van der Waals surface area contributed by atoms with E-state index in [9.17, 15) is 19.7 Å². The summed E-state index contributed by atoms with van der Waals surface area (Å²) in [7, 11) is 1.43. The van der Waals surface area contributed by atoms with Gasteiger partial charge in [-0.3, -0.25) is 19.7 Å². The Labute approximate surface area is 167 Å². The van der Waals surface area contributed by atoms with E-state index in [-0.39, 0.29) is 35.7 Å². The lowest BCUT2D eigenvalue weighted by atomic mass is 10.1. The third-order valence-corrected chi connectivity index (χ3v) is 5.52. The third kappa shape index (κ3) is 3.78. The van der Waals surface area contributed by atoms with Gasteiger partial charge in [0, 0.05) is 31.0 Å². The predicted octanol–water partition coefficient (Wildman–Crippen LogP) is 2.49. The zero-order valence-corrected chi connectivity index (χ0v) is 15.9. The Morgan fingerprint density at radius 1 is 1.24 bits per heavy atom. The highest BCUT2D eigenvalue weighted by Gasteiger charge is 2.48. The number of rotatable bonds is 6. The largest absolute Gasteiger partial charge is 0.497 e. The van der Waals surface area contributed by atoms with Crippen LogP contribution in [0.2, 0.25) is 0 Å². The Balaban J connectivity index is 1.43. The first-order chi connectivity index (χ1) is 14.0. The summed E-state index contributed by atoms with van der Waals surface area (Å²) in [6, 6.07) is 13.9. The van der Waals surface area contributed by atoms with E-state index in [4.69, 9.17) is 4.74 Å². The standard InChI is InChI=1S/C21H21N3O5/c1-29-15-7-8-18(24(27)28)17(10-15)21(26)22-14-9-20(25)23(12-14)19-11-16(19)13-5-3-2-4-6-13/h2-8,10,14,16,19H,9,11-12H2,1H3,(H,22,26)/t14-,16+,19-/m1/s1. The monoisotopic (exact) mass is 395 g/mol. The number of amides is 2. The molecule has 2 fully saturated rings. The number of nitrogens with zero attached hydrogens (tertiary/aromatic N) is 2. The Bertz CT molecular complexity index is 962. The van der Waals surface area contributed by atoms with Crippen LogP contribution >= 0.6 is 0 Å². The van der Waals surface area contributed by atoms with Crippen molar-refractivity contribution in [2.45, 2.75) is 30.8 Å². The van der Waals surface area contributed by atoms with Crippen LogP contribution in [0.5, 0.6) is 5.75 Å². The van der Waals surface area contributed by atoms with Gasteiger partial charge in [-0.25, -0.2) is 0 Å². The van der Waals surface area contributed by atoms with Gasteiger partial charge in [-0.05, 0) is 24.1 Å². The molecule has 4 rings (SSSR count). The van der Waals surface area contributed by atoms with Gasteiger partial charge in [-0.1, -0.05) is 30.3 Å². The molecule has 1 heterocycles. The molecule has 1 saturated carbocycles. The van der Waals surface area contributed by atoms with Crippen molar-refractivity contribution in [3.8, 4) is 5.75 Å². The van der Waals surface area contributed by atoms with Crippen LogP contribution in [0.1, 0.15) is 34.7 Å². The molecule has 2 aromatic rings. The molecule has 0 radical (unpaired) electrons. The average Bonchev–Trinajstić information content (AvgIpc) is 3.44. The Hall–Kier alpha value is -3.42. The molecule has 2 amide bonds. The molecule has 1 N–H and O–H groups in total. The summed E-state index contributed by atoms with van der Waals surface area (Å²) >= 11 is 0. The molecular weight excluding hydrogens is 374 g/mol. The molecule has 1 saturated heterocycles. The summed E-state index contributed by atoms with van der Waals surface area (Å²) in [5.41, 5.74) is 0.842. The summed E-state index contributed by atoms with van der Waals surface area (Å²) in [5, 5.41) is 14.0. The van der Waals surface area contributed by atoms with E-state index in [0.717, 1.165) is 6.42 Å². The molecule has 8 nitrogen and oxygen atoms in total. The minimum absolute atomic E-state index is 0.00104. The van der Waals surface area contributed by atoms with Crippen molar-refractivity contribution < 1.29 is 19.2 Å². The van der Waals surface area contributed by atoms with Crippen molar-refractivity contribution in [3.63, 3.8) is 0 Å². The lowest BCUT2D eigenvalue weighted by Gasteiger charge is -2.17. The maximum absolute atomic E-state index is 12.7. The van der Waals surface area contributed by atoms with Crippen molar-refractivity contribution in [1.29, 1.82) is 0 Å². The summed E-state index contributed by atoms with van der Waals surface area (Å²) < 4.78 is 5.07. The van der Waals surface area contributed by atoms with E-state index < -0.39 is 10.8 Å². The summed E-state index contributed by atoms with van der Waals surface area (Å²) in [5.74, 6) is 0.104. The number of ether oxygens (including phenoxy) is 1. The van der Waals surface area contributed by atoms with Gasteiger partial charge in [0.1, 0.15) is 11.3 Å². The maximum Gasteiger partial charge on any atom is 0.282 e. The Morgan fingerprint density at radius 3 is 2.69 bits per heavy atom. The van der Waals surface area contributed by atoms with Crippen LogP contribution in [-0.2, 0) is 4.79 Å². The van der Waals surface area contributed by atoms with Crippen LogP contribution in [0.3, 0.4) is 0 Å². The van der Waals surface area contributed by atoms with Crippen molar-refractivity contribution in [2.75, 3.05) is 13.7 Å². The number of likely N-dealkylation sites (tertiary alicyclic amines) is 1. The number of benzene rings is 2. The number of nitrogens with one attached hydrogen (secondary N) is 1. The first kappa shape index (κ1) is 18.9. The van der Waals surface area contributed by atoms with Crippen LogP contribution in [0.15, 0.2) is 48.5 Å². The van der Waals surface area contributed by atoms with Gasteiger partial charge >= 0.3 is 0 Å². The minimum Gasteiger partial charge on any atom is -0.497 e. The van der Waals surface area contributed by atoms with Crippen LogP contribution in [0, 0.1) is 10.1 Å². The van der Waals surface area contributed by atoms with E-state index in [0.29, 0.717) is 18.2 Å². The summed E-state index contributed by atoms with van der Waals surface area (Å²) in [6.45, 7) is 0.413. The topological polar surface area (TPSA) is 102 Å². The fourth-order valence-electron chi connectivity index (χ4n) is 3.98. The zero-order valence-electron chi connectivity index (χ0n) is 15.9. The number of hydrogen-bond donors (Lipinski definition) is 1. The quantitative estimate of drug-likeness (QED) is 0.598. The normalized spacial score (nSPS) is 23.0. The smallest absolute Gasteiger partial charge is 0.282 e. The molecule has 2 aromatic carbocycles. The molecule has 3 atom stereocenters. The molecule has 0 bridgehead atoms. The molecule has 1 aliphatic heterocycles. The first-order valence-corrected chi connectivity index (χ1v) is 9.45. The molecule has 0 spiro atoms. The highest BCUT2D eigenvalue weighted by atomic mass is 16.6. The van der Waals surface area contributed by atoms with Crippen LogP contribution in [-0.4, -0.2) is 47.4 Å². The van der Waals surface area contributed by atoms with E-state index in [1.54, 1.807) is 0 Å². The van der Waals surface area contributed by atoms with Gasteiger partial charge in [0.15, 0.2) is 0 Å². The predicted molar refractivity (Wildman–Crippen MR) is 105 cm³/mol. The van der Waals surface area contributed by atoms with Gasteiger partial charge in [0.2, 0.25) is 5.91 Å². The highest BCUT2D eigenvalue weighted by molar-refractivity contribution is 5.99. The summed E-state index contributed by atoms with van der Waals surface area (Å²) in [4.78, 5) is 37.6. The van der Waals surface area contributed by atoms with Gasteiger partial charge in [0.25, 0.3) is 11.6 Å². The number of methoxy groups -OCH3 is 1. The summed E-state index contributed by atoms with van der Waals surface area (Å²) in [6.07, 6.45) is 1.11. The molecule has 29 heavy (non-hydrogen) atoms. The molecule has 1 aliphatic carbocycles. The number of carbonyl (C=O) groups excluding carboxylic acids is 2. The number of nitro groups is 1. The second-order valence-corrected chi connectivity index (χ2v) is 7.38. The second kappa shape index (κ2) is 7.54. The van der Waals surface area contributed by atoms with Crippen LogP contribution in [0.4, 0.5) is 5.69 Å². The van der Waals surface area contributed by atoms with Crippen LogP contribution < -0.4 is 10.1 Å². The lowest BCUT2D eigenvalue weighted by Crippen LogP contribution is -2.38. The fraction of sp³-hybridized carbons (Fsp3) is 0.333. The fourth-order valence-corrected chi connectivity index (χ4v) is 3.98. The average molecular weight is 395 g/mol. The Morgan fingerprint density at radius 2 is 2.00 bits per heavy atom. The van der Waals surface area contributed by atoms with Gasteiger partial charge < -0.3 is 15.0 Å². The molecule has 2 aliphatic rings. The zero-order chi connectivity index (χ0) is 20.5. The molecule has 0 unspecified atom stereocenters. The molecule has 0 aromatic heterocycles. The van der Waals surface area contributed by atoms with Gasteiger partial charge in [-0.15, -0.1) is 0 Å². The van der Waals surface area contributed by atoms with Gasteiger partial charge in [0.05, 0.1) is 18.1 Å². The number of nitro benzene ring substituents is 1. The lowest BCUT2D eigenvalue weighted by molar-refractivity contribution is -0.385. The van der Waals surface area contributed by atoms with E-state index in [1.165, 1.54) is 30.9 Å². The molecule has 150 valence electrons.